The second kappa shape index (κ2) is 16.0. The van der Waals surface area contributed by atoms with Crippen molar-refractivity contribution in [1.82, 2.24) is 10.2 Å². The van der Waals surface area contributed by atoms with Crippen molar-refractivity contribution in [3.8, 4) is 0 Å². The lowest BCUT2D eigenvalue weighted by molar-refractivity contribution is 0.0953. The second-order valence-electron chi connectivity index (χ2n) is 10.7. The summed E-state index contributed by atoms with van der Waals surface area (Å²) < 4.78 is 25.9. The van der Waals surface area contributed by atoms with E-state index in [9.17, 15) is 13.2 Å². The molecule has 0 saturated carbocycles. The molecule has 2 aromatic carbocycles. The SMILES string of the molecule is CC.CCCCCNC(=O)c1cc(S(C)(=O)=O)c(N2CCC(c3ccccc3)CC2)cc1NCCN1CCCC1. The molecule has 8 heteroatoms. The molecular formula is C32H50N4O3S. The molecule has 2 aliphatic heterocycles. The number of hydrogen-bond acceptors (Lipinski definition) is 6. The first kappa shape index (κ1) is 31.9. The molecule has 4 rings (SSSR count). The summed E-state index contributed by atoms with van der Waals surface area (Å²) in [5, 5.41) is 6.50. The van der Waals surface area contributed by atoms with Gasteiger partial charge in [0.1, 0.15) is 0 Å². The molecule has 40 heavy (non-hydrogen) atoms. The molecule has 7 nitrogen and oxygen atoms in total. The van der Waals surface area contributed by atoms with Gasteiger partial charge in [0.15, 0.2) is 9.84 Å². The zero-order valence-corrected chi connectivity index (χ0v) is 25.9. The Bertz CT molecular complexity index is 1160. The molecule has 2 N–H and O–H groups in total. The van der Waals surface area contributed by atoms with Crippen LogP contribution >= 0.6 is 0 Å². The number of anilines is 2. The van der Waals surface area contributed by atoms with Crippen molar-refractivity contribution in [1.29, 1.82) is 0 Å². The largest absolute Gasteiger partial charge is 0.383 e. The van der Waals surface area contributed by atoms with E-state index in [0.29, 0.717) is 35.9 Å². The lowest BCUT2D eigenvalue weighted by atomic mass is 9.89. The van der Waals surface area contributed by atoms with Crippen LogP contribution in [0.3, 0.4) is 0 Å². The van der Waals surface area contributed by atoms with E-state index < -0.39 is 9.84 Å². The number of sulfone groups is 1. The number of piperidine rings is 1. The summed E-state index contributed by atoms with van der Waals surface area (Å²) in [5.74, 6) is 0.254. The van der Waals surface area contributed by atoms with Gasteiger partial charge in [0.25, 0.3) is 5.91 Å². The van der Waals surface area contributed by atoms with Gasteiger partial charge in [0.2, 0.25) is 0 Å². The fraction of sp³-hybridized carbons (Fsp3) is 0.594. The predicted molar refractivity (Wildman–Crippen MR) is 168 cm³/mol. The van der Waals surface area contributed by atoms with Gasteiger partial charge in [-0.3, -0.25) is 4.79 Å². The van der Waals surface area contributed by atoms with Crippen LogP contribution in [0.4, 0.5) is 11.4 Å². The van der Waals surface area contributed by atoms with Crippen LogP contribution in [0.2, 0.25) is 0 Å². The highest BCUT2D eigenvalue weighted by atomic mass is 32.2. The summed E-state index contributed by atoms with van der Waals surface area (Å²) in [7, 11) is -3.54. The van der Waals surface area contributed by atoms with Gasteiger partial charge in [-0.25, -0.2) is 8.42 Å². The molecule has 2 aliphatic rings. The van der Waals surface area contributed by atoms with E-state index in [1.165, 1.54) is 24.7 Å². The standard InChI is InChI=1S/C30H44N4O3S.C2H6/c1-3-4-8-15-32-30(35)26-22-29(38(2,36)37)28(23-27(26)31-16-21-33-17-9-10-18-33)34-19-13-25(14-20-34)24-11-6-5-7-12-24;1-2/h5-7,11-12,22-23,25,31H,3-4,8-10,13-21H2,1-2H3,(H,32,35);1-2H3. The van der Waals surface area contributed by atoms with Gasteiger partial charge < -0.3 is 20.4 Å². The van der Waals surface area contributed by atoms with Crippen molar-refractivity contribution in [2.24, 2.45) is 0 Å². The van der Waals surface area contributed by atoms with E-state index in [-0.39, 0.29) is 10.8 Å². The Labute approximate surface area is 242 Å². The topological polar surface area (TPSA) is 81.8 Å². The third-order valence-corrected chi connectivity index (χ3v) is 8.98. The van der Waals surface area contributed by atoms with Crippen LogP contribution in [0.15, 0.2) is 47.4 Å². The average molecular weight is 571 g/mol. The van der Waals surface area contributed by atoms with E-state index in [0.717, 1.165) is 64.8 Å². The maximum absolute atomic E-state index is 13.2. The number of benzene rings is 2. The predicted octanol–water partition coefficient (Wildman–Crippen LogP) is 5.93. The lowest BCUT2D eigenvalue weighted by Gasteiger charge is -2.35. The number of carbonyl (C=O) groups excluding carboxylic acids is 1. The molecule has 0 radical (unpaired) electrons. The summed E-state index contributed by atoms with van der Waals surface area (Å²) >= 11 is 0. The van der Waals surface area contributed by atoms with Crippen LogP contribution in [0.5, 0.6) is 0 Å². The molecule has 0 bridgehead atoms. The monoisotopic (exact) mass is 570 g/mol. The van der Waals surface area contributed by atoms with Crippen molar-refractivity contribution in [3.63, 3.8) is 0 Å². The van der Waals surface area contributed by atoms with Crippen LogP contribution in [-0.2, 0) is 9.84 Å². The third-order valence-electron chi connectivity index (χ3n) is 7.86. The minimum Gasteiger partial charge on any atom is -0.383 e. The highest BCUT2D eigenvalue weighted by Crippen LogP contribution is 2.36. The van der Waals surface area contributed by atoms with Crippen molar-refractivity contribution >= 4 is 27.1 Å². The van der Waals surface area contributed by atoms with Gasteiger partial charge in [0.05, 0.1) is 16.1 Å². The highest BCUT2D eigenvalue weighted by molar-refractivity contribution is 7.90. The zero-order chi connectivity index (χ0) is 29.0. The van der Waals surface area contributed by atoms with Crippen LogP contribution < -0.4 is 15.5 Å². The first-order chi connectivity index (χ1) is 19.4. The van der Waals surface area contributed by atoms with E-state index in [4.69, 9.17) is 0 Å². The van der Waals surface area contributed by atoms with Crippen LogP contribution in [0.1, 0.15) is 87.6 Å². The van der Waals surface area contributed by atoms with E-state index >= 15 is 0 Å². The van der Waals surface area contributed by atoms with Gasteiger partial charge >= 0.3 is 0 Å². The number of carbonyl (C=O) groups is 1. The average Bonchev–Trinajstić information content (AvgIpc) is 3.50. The molecule has 0 spiro atoms. The van der Waals surface area contributed by atoms with Gasteiger partial charge in [-0.05, 0) is 68.8 Å². The van der Waals surface area contributed by atoms with Gasteiger partial charge in [-0.15, -0.1) is 0 Å². The number of likely N-dealkylation sites (tertiary alicyclic amines) is 1. The molecule has 0 aliphatic carbocycles. The molecule has 1 amide bonds. The van der Waals surface area contributed by atoms with Crippen LogP contribution in [0.25, 0.3) is 0 Å². The lowest BCUT2D eigenvalue weighted by Crippen LogP contribution is -2.34. The molecular weight excluding hydrogens is 520 g/mol. The Morgan fingerprint density at radius 1 is 0.950 bits per heavy atom. The molecule has 2 saturated heterocycles. The third kappa shape index (κ3) is 8.96. The van der Waals surface area contributed by atoms with E-state index in [2.05, 4.69) is 51.6 Å². The number of hydrogen-bond donors (Lipinski definition) is 2. The van der Waals surface area contributed by atoms with Gasteiger partial charge in [-0.1, -0.05) is 63.9 Å². The Hall–Kier alpha value is -2.58. The Morgan fingerprint density at radius 2 is 1.62 bits per heavy atom. The maximum atomic E-state index is 13.2. The van der Waals surface area contributed by atoms with Crippen molar-refractivity contribution in [2.45, 2.75) is 76.5 Å². The Kier molecular flexibility index (Phi) is 12.8. The Morgan fingerprint density at radius 3 is 2.25 bits per heavy atom. The first-order valence-electron chi connectivity index (χ1n) is 15.3. The quantitative estimate of drug-likeness (QED) is 0.308. The number of nitrogens with one attached hydrogen (secondary N) is 2. The smallest absolute Gasteiger partial charge is 0.253 e. The zero-order valence-electron chi connectivity index (χ0n) is 25.0. The molecule has 222 valence electrons. The molecule has 0 unspecified atom stereocenters. The minimum atomic E-state index is -3.54. The molecule has 0 aromatic heterocycles. The summed E-state index contributed by atoms with van der Waals surface area (Å²) in [5.41, 5.74) is 3.16. The van der Waals surface area contributed by atoms with Crippen molar-refractivity contribution in [2.75, 3.05) is 62.3 Å². The summed E-state index contributed by atoms with van der Waals surface area (Å²) in [6.45, 7) is 12.1. The molecule has 2 heterocycles. The normalized spacial score (nSPS) is 16.4. The Balaban J connectivity index is 0.00000216. The highest BCUT2D eigenvalue weighted by Gasteiger charge is 2.27. The van der Waals surface area contributed by atoms with Crippen molar-refractivity contribution < 1.29 is 13.2 Å². The molecule has 0 atom stereocenters. The number of unbranched alkanes of at least 4 members (excludes halogenated alkanes) is 2. The van der Waals surface area contributed by atoms with E-state index in [1.807, 2.05) is 26.0 Å². The van der Waals surface area contributed by atoms with Crippen LogP contribution in [-0.4, -0.2) is 71.3 Å². The fourth-order valence-corrected chi connectivity index (χ4v) is 6.55. The second-order valence-corrected chi connectivity index (χ2v) is 12.7. The fourth-order valence-electron chi connectivity index (χ4n) is 5.65. The molecule has 2 fully saturated rings. The maximum Gasteiger partial charge on any atom is 0.253 e. The van der Waals surface area contributed by atoms with Crippen molar-refractivity contribution in [3.05, 3.63) is 53.6 Å². The van der Waals surface area contributed by atoms with Crippen LogP contribution in [0, 0.1) is 0 Å². The number of rotatable bonds is 12. The summed E-state index contributed by atoms with van der Waals surface area (Å²) in [6, 6.07) is 14.1. The number of nitrogens with zero attached hydrogens (tertiary/aromatic N) is 2. The van der Waals surface area contributed by atoms with Gasteiger partial charge in [-0.2, -0.15) is 0 Å². The van der Waals surface area contributed by atoms with E-state index in [1.54, 1.807) is 6.07 Å². The first-order valence-corrected chi connectivity index (χ1v) is 17.2. The molecule has 2 aromatic rings. The van der Waals surface area contributed by atoms with Gasteiger partial charge in [0, 0.05) is 44.7 Å². The number of amides is 1. The minimum absolute atomic E-state index is 0.219. The summed E-state index contributed by atoms with van der Waals surface area (Å²) in [4.78, 5) is 18.1. The summed E-state index contributed by atoms with van der Waals surface area (Å²) in [6.07, 6.45) is 8.67.